The van der Waals surface area contributed by atoms with E-state index in [1.807, 2.05) is 0 Å². The average molecular weight is 433 g/mol. The first kappa shape index (κ1) is 17.5. The molecule has 0 radical (unpaired) electrons. The first-order chi connectivity index (χ1) is 8.99. The molecule has 2 nitrogen and oxygen atoms in total. The predicted molar refractivity (Wildman–Crippen MR) is 91.2 cm³/mol. The number of hydrogen-bond acceptors (Lipinski definition) is 2. The number of hydrogen-bond donors (Lipinski definition) is 1. The SMILES string of the molecule is CC1(C)O[C@@](C)([C@@H]2CC[C@@](C)(Cl)[C@H](Br)C2)[C@@H](O)C[C@@H]1Br. The van der Waals surface area contributed by atoms with Gasteiger partial charge in [0.1, 0.15) is 0 Å². The molecule has 118 valence electrons. The van der Waals surface area contributed by atoms with E-state index in [-0.39, 0.29) is 20.1 Å². The number of aliphatic hydroxyl groups excluding tert-OH is 1. The van der Waals surface area contributed by atoms with Crippen LogP contribution in [0.15, 0.2) is 0 Å². The summed E-state index contributed by atoms with van der Waals surface area (Å²) in [4.78, 5) is 0.243. The lowest BCUT2D eigenvalue weighted by molar-refractivity contribution is -0.238. The van der Waals surface area contributed by atoms with E-state index in [2.05, 4.69) is 59.6 Å². The Hall–Kier alpha value is 1.17. The Morgan fingerprint density at radius 2 is 1.70 bits per heavy atom. The number of rotatable bonds is 1. The Bertz CT molecular complexity index is 375. The van der Waals surface area contributed by atoms with Crippen molar-refractivity contribution >= 4 is 43.5 Å². The molecule has 0 bridgehead atoms. The molecule has 1 saturated heterocycles. The zero-order valence-corrected chi connectivity index (χ0v) is 16.6. The van der Waals surface area contributed by atoms with Gasteiger partial charge in [-0.05, 0) is 59.3 Å². The third-order valence-electron chi connectivity index (χ3n) is 5.27. The van der Waals surface area contributed by atoms with Gasteiger partial charge in [-0.2, -0.15) is 0 Å². The molecular formula is C15H25Br2ClO2. The van der Waals surface area contributed by atoms with E-state index in [9.17, 15) is 5.11 Å². The van der Waals surface area contributed by atoms with Crippen molar-refractivity contribution in [3.8, 4) is 0 Å². The molecule has 20 heavy (non-hydrogen) atoms. The molecule has 0 amide bonds. The molecule has 0 aromatic carbocycles. The zero-order chi connectivity index (χ0) is 15.3. The van der Waals surface area contributed by atoms with Crippen LogP contribution >= 0.6 is 43.5 Å². The van der Waals surface area contributed by atoms with Crippen LogP contribution in [-0.4, -0.2) is 36.9 Å². The van der Waals surface area contributed by atoms with Gasteiger partial charge < -0.3 is 9.84 Å². The van der Waals surface area contributed by atoms with Gasteiger partial charge >= 0.3 is 0 Å². The Morgan fingerprint density at radius 1 is 1.10 bits per heavy atom. The maximum atomic E-state index is 10.6. The summed E-state index contributed by atoms with van der Waals surface area (Å²) >= 11 is 13.9. The maximum absolute atomic E-state index is 10.6. The smallest absolute Gasteiger partial charge is 0.0948 e. The second-order valence-electron chi connectivity index (χ2n) is 7.33. The van der Waals surface area contributed by atoms with Crippen molar-refractivity contribution in [1.82, 2.24) is 0 Å². The molecule has 2 aliphatic rings. The van der Waals surface area contributed by atoms with E-state index < -0.39 is 11.7 Å². The van der Waals surface area contributed by atoms with Gasteiger partial charge in [-0.15, -0.1) is 11.6 Å². The van der Waals surface area contributed by atoms with Crippen LogP contribution in [0, 0.1) is 5.92 Å². The lowest BCUT2D eigenvalue weighted by Gasteiger charge is -2.54. The predicted octanol–water partition coefficient (Wildman–Crippen LogP) is 4.63. The lowest BCUT2D eigenvalue weighted by Crippen LogP contribution is -2.62. The molecule has 2 rings (SSSR count). The maximum Gasteiger partial charge on any atom is 0.0948 e. The second-order valence-corrected chi connectivity index (χ2v) is 10.4. The minimum Gasteiger partial charge on any atom is -0.390 e. The van der Waals surface area contributed by atoms with E-state index in [1.165, 1.54) is 0 Å². The van der Waals surface area contributed by atoms with Gasteiger partial charge in [-0.1, -0.05) is 31.9 Å². The van der Waals surface area contributed by atoms with Gasteiger partial charge in [0.2, 0.25) is 0 Å². The molecule has 1 saturated carbocycles. The van der Waals surface area contributed by atoms with Crippen molar-refractivity contribution in [2.75, 3.05) is 0 Å². The molecule has 0 spiro atoms. The van der Waals surface area contributed by atoms with Crippen LogP contribution in [0.5, 0.6) is 0 Å². The Kier molecular flexibility index (Phi) is 4.96. The van der Waals surface area contributed by atoms with Gasteiger partial charge in [0.25, 0.3) is 0 Å². The standard InChI is InChI=1S/C15H25Br2ClO2/c1-13(2)10(16)8-12(19)15(4,20-13)9-5-6-14(3,18)11(17)7-9/h9-12,19H,5-8H2,1-4H3/t9-,10+,11-,12+,14-,15+/m1/s1. The normalized spacial score (nSPS) is 52.8. The zero-order valence-electron chi connectivity index (χ0n) is 12.6. The summed E-state index contributed by atoms with van der Waals surface area (Å²) in [6, 6.07) is 0. The highest BCUT2D eigenvalue weighted by Crippen LogP contribution is 2.50. The van der Waals surface area contributed by atoms with E-state index in [1.54, 1.807) is 0 Å². The average Bonchev–Trinajstić information content (AvgIpc) is 2.30. The molecule has 0 unspecified atom stereocenters. The van der Waals surface area contributed by atoms with E-state index in [4.69, 9.17) is 16.3 Å². The minimum atomic E-state index is -0.493. The van der Waals surface area contributed by atoms with Crippen molar-refractivity contribution in [3.63, 3.8) is 0 Å². The number of halogens is 3. The van der Waals surface area contributed by atoms with Crippen LogP contribution in [-0.2, 0) is 4.74 Å². The van der Waals surface area contributed by atoms with Gasteiger partial charge in [0, 0.05) is 9.65 Å². The Labute approximate surface area is 144 Å². The van der Waals surface area contributed by atoms with Crippen LogP contribution in [0.25, 0.3) is 0 Å². The van der Waals surface area contributed by atoms with E-state index in [0.29, 0.717) is 5.92 Å². The largest absolute Gasteiger partial charge is 0.390 e. The van der Waals surface area contributed by atoms with Crippen LogP contribution in [0.4, 0.5) is 0 Å². The fourth-order valence-electron chi connectivity index (χ4n) is 3.52. The number of ether oxygens (including phenoxy) is 1. The van der Waals surface area contributed by atoms with Gasteiger partial charge in [-0.25, -0.2) is 0 Å². The molecular weight excluding hydrogens is 407 g/mol. The van der Waals surface area contributed by atoms with Crippen LogP contribution in [0.2, 0.25) is 0 Å². The van der Waals surface area contributed by atoms with Crippen LogP contribution in [0.1, 0.15) is 53.4 Å². The Balaban J connectivity index is 2.18. The summed E-state index contributed by atoms with van der Waals surface area (Å²) in [5.74, 6) is 0.327. The molecule has 1 aliphatic carbocycles. The number of aliphatic hydroxyl groups is 1. The molecule has 0 aromatic rings. The topological polar surface area (TPSA) is 29.5 Å². The summed E-state index contributed by atoms with van der Waals surface area (Å²) in [7, 11) is 0. The van der Waals surface area contributed by atoms with Gasteiger partial charge in [-0.3, -0.25) is 0 Å². The van der Waals surface area contributed by atoms with Crippen molar-refractivity contribution in [3.05, 3.63) is 0 Å². The quantitative estimate of drug-likeness (QED) is 0.612. The summed E-state index contributed by atoms with van der Waals surface area (Å²) < 4.78 is 6.38. The fraction of sp³-hybridized carbons (Fsp3) is 1.00. The van der Waals surface area contributed by atoms with Crippen LogP contribution < -0.4 is 0 Å². The molecule has 1 aliphatic heterocycles. The fourth-order valence-corrected chi connectivity index (χ4v) is 4.84. The molecule has 0 aromatic heterocycles. The molecule has 2 fully saturated rings. The minimum absolute atomic E-state index is 0.180. The monoisotopic (exact) mass is 430 g/mol. The van der Waals surface area contributed by atoms with Crippen molar-refractivity contribution in [2.24, 2.45) is 5.92 Å². The molecule has 1 heterocycles. The van der Waals surface area contributed by atoms with Crippen molar-refractivity contribution in [2.45, 2.75) is 85.2 Å². The van der Waals surface area contributed by atoms with Crippen LogP contribution in [0.3, 0.4) is 0 Å². The molecule has 1 N–H and O–H groups in total. The second kappa shape index (κ2) is 5.67. The van der Waals surface area contributed by atoms with Gasteiger partial charge in [0.05, 0.1) is 22.2 Å². The van der Waals surface area contributed by atoms with E-state index in [0.717, 1.165) is 25.7 Å². The van der Waals surface area contributed by atoms with Crippen molar-refractivity contribution < 1.29 is 9.84 Å². The molecule has 5 heteroatoms. The highest BCUT2D eigenvalue weighted by molar-refractivity contribution is 9.09. The summed E-state index contributed by atoms with van der Waals surface area (Å²) in [6.45, 7) is 8.34. The summed E-state index contributed by atoms with van der Waals surface area (Å²) in [6.07, 6.45) is 3.17. The Morgan fingerprint density at radius 3 is 2.25 bits per heavy atom. The molecule has 6 atom stereocenters. The highest BCUT2D eigenvalue weighted by atomic mass is 79.9. The third-order valence-corrected chi connectivity index (χ3v) is 8.84. The summed E-state index contributed by atoms with van der Waals surface area (Å²) in [5.41, 5.74) is -0.759. The number of alkyl halides is 3. The third kappa shape index (κ3) is 3.10. The summed E-state index contributed by atoms with van der Waals surface area (Å²) in [5, 5.41) is 10.6. The highest BCUT2D eigenvalue weighted by Gasteiger charge is 2.54. The van der Waals surface area contributed by atoms with E-state index >= 15 is 0 Å². The van der Waals surface area contributed by atoms with Crippen molar-refractivity contribution in [1.29, 1.82) is 0 Å². The lowest BCUT2D eigenvalue weighted by atomic mass is 9.69. The first-order valence-corrected chi connectivity index (χ1v) is 9.55. The first-order valence-electron chi connectivity index (χ1n) is 7.34. The van der Waals surface area contributed by atoms with Gasteiger partial charge in [0.15, 0.2) is 0 Å².